The lowest BCUT2D eigenvalue weighted by molar-refractivity contribution is 1.01. The lowest BCUT2D eigenvalue weighted by Gasteiger charge is -2.20. The highest BCUT2D eigenvalue weighted by Gasteiger charge is 2.23. The van der Waals surface area contributed by atoms with Crippen LogP contribution < -0.4 is 5.01 Å². The van der Waals surface area contributed by atoms with Crippen molar-refractivity contribution in [1.82, 2.24) is 0 Å². The van der Waals surface area contributed by atoms with E-state index in [0.717, 1.165) is 11.4 Å². The predicted molar refractivity (Wildman–Crippen MR) is 102 cm³/mol. The van der Waals surface area contributed by atoms with Crippen LogP contribution in [0.2, 0.25) is 0 Å². The van der Waals surface area contributed by atoms with Gasteiger partial charge in [0.15, 0.2) is 0 Å². The maximum atomic E-state index is 4.39. The average molecular weight is 325 g/mol. The number of aryl methyl sites for hydroxylation is 1. The fourth-order valence-electron chi connectivity index (χ4n) is 3.07. The minimum absolute atomic E-state index is 0.576. The van der Waals surface area contributed by atoms with Crippen molar-refractivity contribution >= 4 is 11.3 Å². The molecule has 0 radical (unpaired) electrons. The zero-order valence-electron chi connectivity index (χ0n) is 14.1. The van der Waals surface area contributed by atoms with E-state index in [1.165, 1.54) is 22.3 Å². The van der Waals surface area contributed by atoms with E-state index in [0.29, 0.717) is 6.54 Å². The predicted octanol–water partition coefficient (Wildman–Crippen LogP) is 5.64. The van der Waals surface area contributed by atoms with Crippen LogP contribution in [0.5, 0.6) is 0 Å². The SMILES string of the molecule is Cc1ccc(N2N=NCC2=C(c2ccccc2)c2ccccc2)cc1. The van der Waals surface area contributed by atoms with E-state index in [4.69, 9.17) is 0 Å². The summed E-state index contributed by atoms with van der Waals surface area (Å²) in [5.41, 5.74) is 6.89. The van der Waals surface area contributed by atoms with Crippen LogP contribution in [0.15, 0.2) is 101 Å². The summed E-state index contributed by atoms with van der Waals surface area (Å²) < 4.78 is 0. The maximum absolute atomic E-state index is 4.39. The smallest absolute Gasteiger partial charge is 0.105 e. The molecule has 0 bridgehead atoms. The van der Waals surface area contributed by atoms with Gasteiger partial charge in [-0.05, 0) is 30.2 Å². The van der Waals surface area contributed by atoms with Crippen molar-refractivity contribution in [2.24, 2.45) is 10.3 Å². The molecule has 1 aliphatic rings. The Labute approximate surface area is 147 Å². The van der Waals surface area contributed by atoms with Gasteiger partial charge in [-0.25, -0.2) is 5.01 Å². The highest BCUT2D eigenvalue weighted by molar-refractivity contribution is 5.85. The maximum Gasteiger partial charge on any atom is 0.105 e. The summed E-state index contributed by atoms with van der Waals surface area (Å²) in [5, 5.41) is 10.7. The largest absolute Gasteiger partial charge is 0.217 e. The number of nitrogens with zero attached hydrogens (tertiary/aromatic N) is 3. The second-order valence-corrected chi connectivity index (χ2v) is 6.09. The van der Waals surface area contributed by atoms with Crippen LogP contribution >= 0.6 is 0 Å². The highest BCUT2D eigenvalue weighted by atomic mass is 15.6. The number of rotatable bonds is 3. The highest BCUT2D eigenvalue weighted by Crippen LogP contribution is 2.34. The quantitative estimate of drug-likeness (QED) is 0.612. The van der Waals surface area contributed by atoms with Crippen molar-refractivity contribution in [2.45, 2.75) is 6.92 Å². The minimum atomic E-state index is 0.576. The van der Waals surface area contributed by atoms with Crippen molar-refractivity contribution in [3.05, 3.63) is 107 Å². The Morgan fingerprint density at radius 1 is 0.760 bits per heavy atom. The number of hydrogen-bond acceptors (Lipinski definition) is 3. The molecule has 0 aromatic heterocycles. The molecule has 0 spiro atoms. The van der Waals surface area contributed by atoms with Crippen LogP contribution in [-0.2, 0) is 0 Å². The van der Waals surface area contributed by atoms with Crippen LogP contribution in [0.25, 0.3) is 5.57 Å². The third-order valence-corrected chi connectivity index (χ3v) is 4.32. The van der Waals surface area contributed by atoms with Gasteiger partial charge < -0.3 is 0 Å². The topological polar surface area (TPSA) is 28.0 Å². The summed E-state index contributed by atoms with van der Waals surface area (Å²) in [6.45, 7) is 2.67. The average Bonchev–Trinajstić information content (AvgIpc) is 3.14. The molecule has 4 rings (SSSR count). The molecule has 0 saturated heterocycles. The van der Waals surface area contributed by atoms with E-state index in [9.17, 15) is 0 Å². The van der Waals surface area contributed by atoms with Crippen LogP contribution in [0.3, 0.4) is 0 Å². The van der Waals surface area contributed by atoms with E-state index in [1.807, 2.05) is 17.1 Å². The van der Waals surface area contributed by atoms with Gasteiger partial charge in [-0.15, -0.1) is 0 Å². The molecular formula is C22H19N3. The van der Waals surface area contributed by atoms with Gasteiger partial charge in [-0.1, -0.05) is 83.6 Å². The van der Waals surface area contributed by atoms with Gasteiger partial charge in [-0.2, -0.15) is 5.11 Å². The molecule has 0 saturated carbocycles. The second-order valence-electron chi connectivity index (χ2n) is 6.09. The molecule has 1 heterocycles. The molecule has 3 aromatic rings. The van der Waals surface area contributed by atoms with Crippen molar-refractivity contribution in [2.75, 3.05) is 11.6 Å². The summed E-state index contributed by atoms with van der Waals surface area (Å²) in [7, 11) is 0. The molecule has 0 fully saturated rings. The van der Waals surface area contributed by atoms with Gasteiger partial charge in [0, 0.05) is 5.57 Å². The Balaban J connectivity index is 1.89. The second kappa shape index (κ2) is 6.73. The molecule has 3 heteroatoms. The van der Waals surface area contributed by atoms with Crippen LogP contribution in [0, 0.1) is 6.92 Å². The molecule has 0 N–H and O–H groups in total. The first-order valence-electron chi connectivity index (χ1n) is 8.41. The Morgan fingerprint density at radius 3 is 1.88 bits per heavy atom. The molecule has 1 aliphatic heterocycles. The fraction of sp³-hybridized carbons (Fsp3) is 0.0909. The van der Waals surface area contributed by atoms with E-state index < -0.39 is 0 Å². The third-order valence-electron chi connectivity index (χ3n) is 4.32. The monoisotopic (exact) mass is 325 g/mol. The third kappa shape index (κ3) is 3.09. The lowest BCUT2D eigenvalue weighted by atomic mass is 9.95. The van der Waals surface area contributed by atoms with Crippen LogP contribution in [0.4, 0.5) is 5.69 Å². The zero-order valence-corrected chi connectivity index (χ0v) is 14.1. The first-order valence-corrected chi connectivity index (χ1v) is 8.41. The van der Waals surface area contributed by atoms with Crippen molar-refractivity contribution in [3.8, 4) is 0 Å². The fourth-order valence-corrected chi connectivity index (χ4v) is 3.07. The van der Waals surface area contributed by atoms with Crippen molar-refractivity contribution in [3.63, 3.8) is 0 Å². The Morgan fingerprint density at radius 2 is 1.32 bits per heavy atom. The lowest BCUT2D eigenvalue weighted by Crippen LogP contribution is -2.14. The van der Waals surface area contributed by atoms with Crippen molar-refractivity contribution < 1.29 is 0 Å². The Hall–Kier alpha value is -3.20. The number of benzene rings is 3. The van der Waals surface area contributed by atoms with Crippen molar-refractivity contribution in [1.29, 1.82) is 0 Å². The van der Waals surface area contributed by atoms with Gasteiger partial charge in [0.25, 0.3) is 0 Å². The van der Waals surface area contributed by atoms with Crippen LogP contribution in [0.1, 0.15) is 16.7 Å². The van der Waals surface area contributed by atoms with E-state index >= 15 is 0 Å². The van der Waals surface area contributed by atoms with Gasteiger partial charge in [0.1, 0.15) is 6.54 Å². The number of hydrogen-bond donors (Lipinski definition) is 0. The molecule has 0 amide bonds. The molecule has 122 valence electrons. The Kier molecular flexibility index (Phi) is 4.13. The standard InChI is InChI=1S/C22H19N3/c1-17-12-14-20(15-13-17)25-21(16-23-24-25)22(18-8-4-2-5-9-18)19-10-6-3-7-11-19/h2-15H,16H2,1H3. The molecule has 3 nitrogen and oxygen atoms in total. The zero-order chi connectivity index (χ0) is 17.1. The van der Waals surface area contributed by atoms with E-state index in [2.05, 4.69) is 90.1 Å². The molecule has 0 aliphatic carbocycles. The van der Waals surface area contributed by atoms with Crippen LogP contribution in [-0.4, -0.2) is 6.54 Å². The molecule has 25 heavy (non-hydrogen) atoms. The summed E-state index contributed by atoms with van der Waals surface area (Å²) in [6, 6.07) is 29.3. The number of anilines is 1. The molecular weight excluding hydrogens is 306 g/mol. The van der Waals surface area contributed by atoms with Gasteiger partial charge in [0.2, 0.25) is 0 Å². The normalized spacial score (nSPS) is 13.3. The van der Waals surface area contributed by atoms with E-state index in [-0.39, 0.29) is 0 Å². The summed E-state index contributed by atoms with van der Waals surface area (Å²) in [6.07, 6.45) is 0. The minimum Gasteiger partial charge on any atom is -0.217 e. The molecule has 3 aromatic carbocycles. The summed E-state index contributed by atoms with van der Waals surface area (Å²) >= 11 is 0. The Bertz CT molecular complexity index is 869. The molecule has 0 unspecified atom stereocenters. The first-order chi connectivity index (χ1) is 12.3. The van der Waals surface area contributed by atoms with Gasteiger partial charge >= 0.3 is 0 Å². The first kappa shape index (κ1) is 15.3. The summed E-state index contributed by atoms with van der Waals surface area (Å²) in [4.78, 5) is 0. The van der Waals surface area contributed by atoms with Gasteiger partial charge in [0.05, 0.1) is 11.4 Å². The van der Waals surface area contributed by atoms with E-state index in [1.54, 1.807) is 0 Å². The summed E-state index contributed by atoms with van der Waals surface area (Å²) in [5.74, 6) is 0. The van der Waals surface area contributed by atoms with Gasteiger partial charge in [-0.3, -0.25) is 0 Å². The molecule has 0 atom stereocenters.